The van der Waals surface area contributed by atoms with E-state index in [1.165, 1.54) is 17.7 Å². The molecule has 3 aromatic rings. The number of nitrogens with one attached hydrogen (secondary N) is 1. The second-order valence-corrected chi connectivity index (χ2v) is 8.90. The Hall–Kier alpha value is -2.87. The molecule has 0 bridgehead atoms. The van der Waals surface area contributed by atoms with Crippen LogP contribution in [-0.4, -0.2) is 23.2 Å². The zero-order chi connectivity index (χ0) is 22.0. The first kappa shape index (κ1) is 21.4. The molecule has 0 saturated carbocycles. The Labute approximate surface area is 185 Å². The normalized spacial score (nSPS) is 15.4. The van der Waals surface area contributed by atoms with E-state index in [4.69, 9.17) is 14.0 Å². The third-order valence-corrected chi connectivity index (χ3v) is 6.85. The number of methoxy groups -OCH3 is 1. The summed E-state index contributed by atoms with van der Waals surface area (Å²) >= 11 is 1.59. The number of ether oxygens (including phenoxy) is 2. The van der Waals surface area contributed by atoms with Gasteiger partial charge in [0.05, 0.1) is 24.1 Å². The fourth-order valence-corrected chi connectivity index (χ4v) is 4.92. The maximum Gasteiger partial charge on any atom is 0.257 e. The number of hydrogen-bond donors (Lipinski definition) is 1. The van der Waals surface area contributed by atoms with Gasteiger partial charge in [-0.15, -0.1) is 11.3 Å². The van der Waals surface area contributed by atoms with Gasteiger partial charge in [-0.05, 0) is 57.2 Å². The van der Waals surface area contributed by atoms with Gasteiger partial charge in [0.15, 0.2) is 16.6 Å². The number of thiazole rings is 1. The lowest BCUT2D eigenvalue weighted by Crippen LogP contribution is -2.13. The molecule has 0 radical (unpaired) electrons. The number of benzene rings is 1. The highest BCUT2D eigenvalue weighted by molar-refractivity contribution is 7.15. The molecule has 164 valence electrons. The van der Waals surface area contributed by atoms with Gasteiger partial charge in [-0.2, -0.15) is 0 Å². The average molecular weight is 442 g/mol. The van der Waals surface area contributed by atoms with Gasteiger partial charge in [-0.1, -0.05) is 18.5 Å². The van der Waals surface area contributed by atoms with Crippen LogP contribution in [0.4, 0.5) is 5.13 Å². The lowest BCUT2D eigenvalue weighted by molar-refractivity contribution is 0.102. The molecule has 0 saturated heterocycles. The predicted molar refractivity (Wildman–Crippen MR) is 119 cm³/mol. The smallest absolute Gasteiger partial charge is 0.257 e. The molecular formula is C23H27N3O4S. The maximum atomic E-state index is 12.8. The Kier molecular flexibility index (Phi) is 6.27. The standard InChI is InChI=1S/C23H27N3O4S/c1-5-15-6-8-18-21(10-15)31-23(24-18)25-22(27)16-7-9-19(20(11-16)28-4)29-12-17-13(2)26-30-14(17)3/h7,9,11,15H,5-6,8,10,12H2,1-4H3,(H,24,25,27). The molecule has 0 fully saturated rings. The van der Waals surface area contributed by atoms with E-state index in [0.717, 1.165) is 41.5 Å². The first-order valence-electron chi connectivity index (χ1n) is 10.5. The maximum absolute atomic E-state index is 12.8. The van der Waals surface area contributed by atoms with Crippen LogP contribution in [0.15, 0.2) is 22.7 Å². The molecule has 7 nitrogen and oxygen atoms in total. The van der Waals surface area contributed by atoms with Gasteiger partial charge in [0.1, 0.15) is 12.4 Å². The Bertz CT molecular complexity index is 1070. The largest absolute Gasteiger partial charge is 0.493 e. The second kappa shape index (κ2) is 9.09. The molecule has 1 amide bonds. The van der Waals surface area contributed by atoms with Crippen LogP contribution in [0.3, 0.4) is 0 Å². The highest BCUT2D eigenvalue weighted by Crippen LogP contribution is 2.34. The lowest BCUT2D eigenvalue weighted by atomic mass is 9.89. The summed E-state index contributed by atoms with van der Waals surface area (Å²) in [7, 11) is 1.55. The van der Waals surface area contributed by atoms with Crippen LogP contribution in [0, 0.1) is 19.8 Å². The minimum Gasteiger partial charge on any atom is -0.493 e. The van der Waals surface area contributed by atoms with Crippen LogP contribution in [-0.2, 0) is 19.4 Å². The van der Waals surface area contributed by atoms with Crippen molar-refractivity contribution in [2.75, 3.05) is 12.4 Å². The highest BCUT2D eigenvalue weighted by Gasteiger charge is 2.22. The first-order chi connectivity index (χ1) is 15.0. The van der Waals surface area contributed by atoms with Gasteiger partial charge in [0, 0.05) is 10.4 Å². The molecule has 1 aromatic carbocycles. The van der Waals surface area contributed by atoms with E-state index in [-0.39, 0.29) is 5.91 Å². The minimum atomic E-state index is -0.214. The lowest BCUT2D eigenvalue weighted by Gasteiger charge is -2.18. The fraction of sp³-hybridized carbons (Fsp3) is 0.435. The van der Waals surface area contributed by atoms with E-state index in [1.807, 2.05) is 13.8 Å². The number of carbonyl (C=O) groups is 1. The number of amides is 1. The molecule has 1 aliphatic rings. The van der Waals surface area contributed by atoms with Crippen LogP contribution < -0.4 is 14.8 Å². The van der Waals surface area contributed by atoms with Crippen molar-refractivity contribution in [1.29, 1.82) is 0 Å². The van der Waals surface area contributed by atoms with E-state index in [2.05, 4.69) is 22.4 Å². The molecule has 4 rings (SSSR count). The number of hydrogen-bond acceptors (Lipinski definition) is 7. The molecule has 1 atom stereocenters. The van der Waals surface area contributed by atoms with Crippen molar-refractivity contribution in [3.05, 3.63) is 51.4 Å². The monoisotopic (exact) mass is 441 g/mol. The van der Waals surface area contributed by atoms with Crippen molar-refractivity contribution < 1.29 is 18.8 Å². The molecule has 1 aliphatic carbocycles. The van der Waals surface area contributed by atoms with Gasteiger partial charge in [-0.25, -0.2) is 4.98 Å². The van der Waals surface area contributed by atoms with E-state index < -0.39 is 0 Å². The molecular weight excluding hydrogens is 414 g/mol. The summed E-state index contributed by atoms with van der Waals surface area (Å²) < 4.78 is 16.5. The zero-order valence-electron chi connectivity index (χ0n) is 18.3. The summed E-state index contributed by atoms with van der Waals surface area (Å²) in [5.74, 6) is 2.27. The third-order valence-electron chi connectivity index (χ3n) is 5.82. The van der Waals surface area contributed by atoms with Crippen LogP contribution in [0.2, 0.25) is 0 Å². The van der Waals surface area contributed by atoms with Crippen LogP contribution in [0.5, 0.6) is 11.5 Å². The Morgan fingerprint density at radius 2 is 2.16 bits per heavy atom. The molecule has 8 heteroatoms. The summed E-state index contributed by atoms with van der Waals surface area (Å²) in [5.41, 5.74) is 3.32. The van der Waals surface area contributed by atoms with E-state index in [1.54, 1.807) is 36.6 Å². The molecule has 2 aromatic heterocycles. The number of aryl methyl sites for hydroxylation is 3. The van der Waals surface area contributed by atoms with Crippen LogP contribution in [0.1, 0.15) is 57.7 Å². The predicted octanol–water partition coefficient (Wildman–Crippen LogP) is 5.10. The van der Waals surface area contributed by atoms with Crippen molar-refractivity contribution in [2.45, 2.75) is 53.1 Å². The quantitative estimate of drug-likeness (QED) is 0.549. The summed E-state index contributed by atoms with van der Waals surface area (Å²) in [4.78, 5) is 18.7. The number of nitrogens with zero attached hydrogens (tertiary/aromatic N) is 2. The van der Waals surface area contributed by atoms with Gasteiger partial charge in [0.25, 0.3) is 5.91 Å². The second-order valence-electron chi connectivity index (χ2n) is 7.82. The third kappa shape index (κ3) is 4.58. The zero-order valence-corrected chi connectivity index (χ0v) is 19.1. The van der Waals surface area contributed by atoms with Crippen molar-refractivity contribution >= 4 is 22.4 Å². The van der Waals surface area contributed by atoms with Gasteiger partial charge >= 0.3 is 0 Å². The fourth-order valence-electron chi connectivity index (χ4n) is 3.80. The Balaban J connectivity index is 1.45. The molecule has 31 heavy (non-hydrogen) atoms. The highest BCUT2D eigenvalue weighted by atomic mass is 32.1. The summed E-state index contributed by atoms with van der Waals surface area (Å²) in [5, 5.41) is 7.53. The molecule has 1 unspecified atom stereocenters. The Morgan fingerprint density at radius 3 is 2.87 bits per heavy atom. The average Bonchev–Trinajstić information content (AvgIpc) is 3.33. The van der Waals surface area contributed by atoms with E-state index >= 15 is 0 Å². The molecule has 0 aliphatic heterocycles. The van der Waals surface area contributed by atoms with Gasteiger partial charge in [0.2, 0.25) is 0 Å². The topological polar surface area (TPSA) is 86.5 Å². The van der Waals surface area contributed by atoms with E-state index in [0.29, 0.717) is 28.8 Å². The van der Waals surface area contributed by atoms with Crippen LogP contribution in [0.25, 0.3) is 0 Å². The minimum absolute atomic E-state index is 0.214. The summed E-state index contributed by atoms with van der Waals surface area (Å²) in [6.45, 7) is 6.27. The van der Waals surface area contributed by atoms with Gasteiger partial charge in [-0.3, -0.25) is 10.1 Å². The number of aromatic nitrogens is 2. The van der Waals surface area contributed by atoms with Crippen molar-refractivity contribution in [3.8, 4) is 11.5 Å². The summed E-state index contributed by atoms with van der Waals surface area (Å²) in [6, 6.07) is 5.14. The van der Waals surface area contributed by atoms with Crippen molar-refractivity contribution in [1.82, 2.24) is 10.1 Å². The number of carbonyl (C=O) groups excluding carboxylic acids is 1. The molecule has 1 N–H and O–H groups in total. The molecule has 0 spiro atoms. The molecule has 2 heterocycles. The number of rotatable bonds is 7. The van der Waals surface area contributed by atoms with Crippen LogP contribution >= 0.6 is 11.3 Å². The van der Waals surface area contributed by atoms with Gasteiger partial charge < -0.3 is 14.0 Å². The summed E-state index contributed by atoms with van der Waals surface area (Å²) in [6.07, 6.45) is 4.41. The van der Waals surface area contributed by atoms with Crippen molar-refractivity contribution in [2.24, 2.45) is 5.92 Å². The SMILES string of the molecule is CCC1CCc2nc(NC(=O)c3ccc(OCc4c(C)noc4C)c(OC)c3)sc2C1. The number of anilines is 1. The van der Waals surface area contributed by atoms with E-state index in [9.17, 15) is 4.79 Å². The first-order valence-corrected chi connectivity index (χ1v) is 11.3. The Morgan fingerprint density at radius 1 is 1.32 bits per heavy atom. The number of fused-ring (bicyclic) bond motifs is 1. The van der Waals surface area contributed by atoms with Crippen molar-refractivity contribution in [3.63, 3.8) is 0 Å².